The molecule has 2 fully saturated rings. The molecule has 1 unspecified atom stereocenters. The van der Waals surface area contributed by atoms with Gasteiger partial charge >= 0.3 is 0 Å². The van der Waals surface area contributed by atoms with Gasteiger partial charge in [-0.1, -0.05) is 0 Å². The third kappa shape index (κ3) is 3.00. The molecule has 2 saturated heterocycles. The van der Waals surface area contributed by atoms with Crippen molar-refractivity contribution >= 4 is 11.4 Å². The second-order valence-electron chi connectivity index (χ2n) is 5.47. The van der Waals surface area contributed by atoms with Crippen LogP contribution in [0.5, 0.6) is 0 Å². The minimum absolute atomic E-state index is 0.116. The summed E-state index contributed by atoms with van der Waals surface area (Å²) >= 11 is 0. The molecule has 0 bridgehead atoms. The molecular formula is C15H21FN2O. The first kappa shape index (κ1) is 12.7. The van der Waals surface area contributed by atoms with Crippen LogP contribution < -0.4 is 10.2 Å². The molecule has 0 aliphatic carbocycles. The van der Waals surface area contributed by atoms with Gasteiger partial charge in [0.05, 0.1) is 12.3 Å². The van der Waals surface area contributed by atoms with E-state index in [0.717, 1.165) is 50.6 Å². The van der Waals surface area contributed by atoms with Crippen molar-refractivity contribution in [3.05, 3.63) is 24.0 Å². The van der Waals surface area contributed by atoms with E-state index in [1.54, 1.807) is 6.07 Å². The number of hydrogen-bond donors (Lipinski definition) is 1. The molecule has 2 aliphatic heterocycles. The lowest BCUT2D eigenvalue weighted by Gasteiger charge is -2.19. The Morgan fingerprint density at radius 2 is 2.16 bits per heavy atom. The van der Waals surface area contributed by atoms with Crippen LogP contribution in [0.4, 0.5) is 15.8 Å². The summed E-state index contributed by atoms with van der Waals surface area (Å²) in [6.07, 6.45) is 3.43. The molecule has 2 heterocycles. The van der Waals surface area contributed by atoms with E-state index in [2.05, 4.69) is 10.2 Å². The maximum atomic E-state index is 14.1. The molecule has 3 rings (SSSR count). The molecular weight excluding hydrogens is 243 g/mol. The van der Waals surface area contributed by atoms with E-state index in [4.69, 9.17) is 4.74 Å². The summed E-state index contributed by atoms with van der Waals surface area (Å²) in [7, 11) is 0. The van der Waals surface area contributed by atoms with Crippen LogP contribution in [-0.4, -0.2) is 32.8 Å². The standard InChI is InChI=1S/C15H21FN2O/c16-14-9-13(17-10-12-5-8-19-11-12)3-4-15(14)18-6-1-2-7-18/h3-4,9,12,17H,1-2,5-8,10-11H2. The van der Waals surface area contributed by atoms with Gasteiger partial charge in [0.1, 0.15) is 5.82 Å². The quantitative estimate of drug-likeness (QED) is 0.905. The SMILES string of the molecule is Fc1cc(NCC2CCOC2)ccc1N1CCCC1. The van der Waals surface area contributed by atoms with Crippen molar-refractivity contribution in [3.63, 3.8) is 0 Å². The van der Waals surface area contributed by atoms with Gasteiger partial charge in [-0.25, -0.2) is 4.39 Å². The fraction of sp³-hybridized carbons (Fsp3) is 0.600. The van der Waals surface area contributed by atoms with Crippen molar-refractivity contribution in [1.29, 1.82) is 0 Å². The average molecular weight is 264 g/mol. The highest BCUT2D eigenvalue weighted by Gasteiger charge is 2.17. The van der Waals surface area contributed by atoms with Crippen molar-refractivity contribution < 1.29 is 9.13 Å². The Morgan fingerprint density at radius 3 is 2.84 bits per heavy atom. The molecule has 2 aliphatic rings. The summed E-state index contributed by atoms with van der Waals surface area (Å²) in [6, 6.07) is 5.49. The van der Waals surface area contributed by atoms with Gasteiger partial charge in [-0.05, 0) is 37.5 Å². The van der Waals surface area contributed by atoms with Crippen LogP contribution in [0.1, 0.15) is 19.3 Å². The predicted molar refractivity (Wildman–Crippen MR) is 75.3 cm³/mol. The third-order valence-corrected chi connectivity index (χ3v) is 4.01. The van der Waals surface area contributed by atoms with Crippen LogP contribution in [0.2, 0.25) is 0 Å². The number of halogens is 1. The van der Waals surface area contributed by atoms with E-state index in [9.17, 15) is 4.39 Å². The normalized spacial score (nSPS) is 23.0. The molecule has 1 aromatic carbocycles. The lowest BCUT2D eigenvalue weighted by Crippen LogP contribution is -2.19. The van der Waals surface area contributed by atoms with Gasteiger partial charge in [0.25, 0.3) is 0 Å². The van der Waals surface area contributed by atoms with E-state index in [0.29, 0.717) is 5.92 Å². The Balaban J connectivity index is 1.61. The number of ether oxygens (including phenoxy) is 1. The van der Waals surface area contributed by atoms with Crippen molar-refractivity contribution in [2.75, 3.05) is 43.1 Å². The average Bonchev–Trinajstić information content (AvgIpc) is 3.10. The maximum Gasteiger partial charge on any atom is 0.148 e. The van der Waals surface area contributed by atoms with Gasteiger partial charge in [-0.3, -0.25) is 0 Å². The molecule has 104 valence electrons. The van der Waals surface area contributed by atoms with Crippen LogP contribution in [0, 0.1) is 11.7 Å². The van der Waals surface area contributed by atoms with E-state index in [1.165, 1.54) is 12.8 Å². The molecule has 19 heavy (non-hydrogen) atoms. The second kappa shape index (κ2) is 5.78. The van der Waals surface area contributed by atoms with Crippen LogP contribution >= 0.6 is 0 Å². The lowest BCUT2D eigenvalue weighted by molar-refractivity contribution is 0.187. The lowest BCUT2D eigenvalue weighted by atomic mass is 10.1. The smallest absolute Gasteiger partial charge is 0.148 e. The molecule has 1 atom stereocenters. The van der Waals surface area contributed by atoms with E-state index >= 15 is 0 Å². The second-order valence-corrected chi connectivity index (χ2v) is 5.47. The number of benzene rings is 1. The topological polar surface area (TPSA) is 24.5 Å². The Morgan fingerprint density at radius 1 is 1.32 bits per heavy atom. The Labute approximate surface area is 113 Å². The van der Waals surface area contributed by atoms with Crippen molar-refractivity contribution in [2.45, 2.75) is 19.3 Å². The van der Waals surface area contributed by atoms with Gasteiger partial charge in [-0.2, -0.15) is 0 Å². The first-order chi connectivity index (χ1) is 9.33. The Hall–Kier alpha value is -1.29. The summed E-state index contributed by atoms with van der Waals surface area (Å²) in [5.41, 5.74) is 1.61. The van der Waals surface area contributed by atoms with Crippen molar-refractivity contribution in [2.24, 2.45) is 5.92 Å². The van der Waals surface area contributed by atoms with Gasteiger partial charge in [0.2, 0.25) is 0 Å². The fourth-order valence-electron chi connectivity index (χ4n) is 2.84. The van der Waals surface area contributed by atoms with Crippen LogP contribution in [0.25, 0.3) is 0 Å². The van der Waals surface area contributed by atoms with E-state index < -0.39 is 0 Å². The largest absolute Gasteiger partial charge is 0.385 e. The highest BCUT2D eigenvalue weighted by molar-refractivity contribution is 5.56. The molecule has 0 amide bonds. The number of anilines is 2. The zero-order valence-electron chi connectivity index (χ0n) is 11.2. The van der Waals surface area contributed by atoms with Gasteiger partial charge in [-0.15, -0.1) is 0 Å². The van der Waals surface area contributed by atoms with Crippen LogP contribution in [0.15, 0.2) is 18.2 Å². The number of nitrogens with zero attached hydrogens (tertiary/aromatic N) is 1. The van der Waals surface area contributed by atoms with E-state index in [1.807, 2.05) is 12.1 Å². The van der Waals surface area contributed by atoms with Crippen molar-refractivity contribution in [3.8, 4) is 0 Å². The first-order valence-corrected chi connectivity index (χ1v) is 7.19. The highest BCUT2D eigenvalue weighted by Crippen LogP contribution is 2.26. The Kier molecular flexibility index (Phi) is 3.87. The third-order valence-electron chi connectivity index (χ3n) is 4.01. The zero-order chi connectivity index (χ0) is 13.1. The summed E-state index contributed by atoms with van der Waals surface area (Å²) in [5.74, 6) is 0.441. The number of rotatable bonds is 4. The van der Waals surface area contributed by atoms with Gasteiger partial charge in [0, 0.05) is 37.8 Å². The molecule has 0 spiro atoms. The summed E-state index contributed by atoms with van der Waals surface area (Å²) in [5, 5.41) is 3.31. The molecule has 1 N–H and O–H groups in total. The molecule has 3 nitrogen and oxygen atoms in total. The molecule has 0 radical (unpaired) electrons. The molecule has 1 aromatic rings. The monoisotopic (exact) mass is 264 g/mol. The van der Waals surface area contributed by atoms with Crippen molar-refractivity contribution in [1.82, 2.24) is 0 Å². The van der Waals surface area contributed by atoms with Crippen LogP contribution in [0.3, 0.4) is 0 Å². The molecule has 0 aromatic heterocycles. The minimum Gasteiger partial charge on any atom is -0.385 e. The van der Waals surface area contributed by atoms with Gasteiger partial charge in [0.15, 0.2) is 0 Å². The first-order valence-electron chi connectivity index (χ1n) is 7.19. The summed E-state index contributed by atoms with van der Waals surface area (Å²) in [4.78, 5) is 2.13. The zero-order valence-corrected chi connectivity index (χ0v) is 11.2. The fourth-order valence-corrected chi connectivity index (χ4v) is 2.84. The summed E-state index contributed by atoms with van der Waals surface area (Å²) in [6.45, 7) is 4.49. The number of hydrogen-bond acceptors (Lipinski definition) is 3. The van der Waals surface area contributed by atoms with E-state index in [-0.39, 0.29) is 5.82 Å². The highest BCUT2D eigenvalue weighted by atomic mass is 19.1. The Bertz CT molecular complexity index is 426. The molecule has 4 heteroatoms. The predicted octanol–water partition coefficient (Wildman–Crippen LogP) is 2.87. The maximum absolute atomic E-state index is 14.1. The van der Waals surface area contributed by atoms with Crippen LogP contribution in [-0.2, 0) is 4.74 Å². The summed E-state index contributed by atoms with van der Waals surface area (Å²) < 4.78 is 19.4. The minimum atomic E-state index is -0.116. The molecule has 0 saturated carbocycles. The van der Waals surface area contributed by atoms with Gasteiger partial charge < -0.3 is 15.0 Å². The number of nitrogens with one attached hydrogen (secondary N) is 1.